The van der Waals surface area contributed by atoms with E-state index in [9.17, 15) is 8.42 Å². The van der Waals surface area contributed by atoms with Crippen LogP contribution in [0.4, 0.5) is 0 Å². The molecule has 0 bridgehead atoms. The van der Waals surface area contributed by atoms with Crippen molar-refractivity contribution in [3.8, 4) is 0 Å². The van der Waals surface area contributed by atoms with Crippen LogP contribution in [0.3, 0.4) is 0 Å². The molecule has 1 aliphatic rings. The highest BCUT2D eigenvalue weighted by molar-refractivity contribution is 7.89. The van der Waals surface area contributed by atoms with Gasteiger partial charge in [-0.05, 0) is 57.6 Å². The Morgan fingerprint density at radius 3 is 2.52 bits per heavy atom. The van der Waals surface area contributed by atoms with Crippen LogP contribution < -0.4 is 5.73 Å². The molecule has 0 spiro atoms. The van der Waals surface area contributed by atoms with Gasteiger partial charge in [-0.25, -0.2) is 8.42 Å². The molecule has 1 saturated heterocycles. The van der Waals surface area contributed by atoms with Crippen molar-refractivity contribution in [3.05, 3.63) is 29.8 Å². The SMILES string of the molecule is CN(C)CC1CCCN1S(=O)(=O)c1ccc(CCN)cc1. The van der Waals surface area contributed by atoms with E-state index in [1.165, 1.54) is 0 Å². The topological polar surface area (TPSA) is 66.6 Å². The van der Waals surface area contributed by atoms with Crippen LogP contribution in [0.25, 0.3) is 0 Å². The predicted molar refractivity (Wildman–Crippen MR) is 84.7 cm³/mol. The zero-order valence-corrected chi connectivity index (χ0v) is 13.6. The first-order valence-electron chi connectivity index (χ1n) is 7.40. The molecule has 1 unspecified atom stereocenters. The molecule has 1 heterocycles. The van der Waals surface area contributed by atoms with Gasteiger partial charge in [0, 0.05) is 19.1 Å². The summed E-state index contributed by atoms with van der Waals surface area (Å²) in [5.41, 5.74) is 6.59. The molecule has 1 aromatic carbocycles. The summed E-state index contributed by atoms with van der Waals surface area (Å²) in [6.45, 7) is 1.96. The molecule has 0 aliphatic carbocycles. The van der Waals surface area contributed by atoms with Crippen LogP contribution in [0.15, 0.2) is 29.2 Å². The fraction of sp³-hybridized carbons (Fsp3) is 0.600. The van der Waals surface area contributed by atoms with E-state index < -0.39 is 10.0 Å². The maximum Gasteiger partial charge on any atom is 0.243 e. The van der Waals surface area contributed by atoms with Gasteiger partial charge in [-0.3, -0.25) is 0 Å². The minimum atomic E-state index is -3.39. The normalized spacial score (nSPS) is 20.3. The van der Waals surface area contributed by atoms with Crippen molar-refractivity contribution < 1.29 is 8.42 Å². The molecule has 5 nitrogen and oxygen atoms in total. The van der Waals surface area contributed by atoms with Gasteiger partial charge < -0.3 is 10.6 Å². The smallest absolute Gasteiger partial charge is 0.243 e. The average Bonchev–Trinajstić information content (AvgIpc) is 2.88. The summed E-state index contributed by atoms with van der Waals surface area (Å²) in [5, 5.41) is 0. The van der Waals surface area contributed by atoms with Crippen molar-refractivity contribution in [2.75, 3.05) is 33.7 Å². The van der Waals surface area contributed by atoms with E-state index >= 15 is 0 Å². The number of hydrogen-bond acceptors (Lipinski definition) is 4. The number of benzene rings is 1. The maximum atomic E-state index is 12.8. The third-order valence-electron chi connectivity index (χ3n) is 3.86. The predicted octanol–water partition coefficient (Wildman–Crippen LogP) is 0.903. The van der Waals surface area contributed by atoms with Gasteiger partial charge in [0.05, 0.1) is 4.90 Å². The molecule has 0 radical (unpaired) electrons. The second-order valence-corrected chi connectivity index (χ2v) is 7.75. The summed E-state index contributed by atoms with van der Waals surface area (Å²) in [4.78, 5) is 2.43. The van der Waals surface area contributed by atoms with E-state index in [-0.39, 0.29) is 6.04 Å². The van der Waals surface area contributed by atoms with Crippen molar-refractivity contribution in [1.82, 2.24) is 9.21 Å². The van der Waals surface area contributed by atoms with Gasteiger partial charge >= 0.3 is 0 Å². The fourth-order valence-corrected chi connectivity index (χ4v) is 4.54. The molecule has 21 heavy (non-hydrogen) atoms. The molecule has 0 amide bonds. The van der Waals surface area contributed by atoms with Gasteiger partial charge in [0.2, 0.25) is 10.0 Å². The van der Waals surface area contributed by atoms with Crippen molar-refractivity contribution in [1.29, 1.82) is 0 Å². The largest absolute Gasteiger partial charge is 0.330 e. The zero-order chi connectivity index (χ0) is 15.5. The third kappa shape index (κ3) is 3.83. The fourth-order valence-electron chi connectivity index (χ4n) is 2.86. The van der Waals surface area contributed by atoms with E-state index in [1.54, 1.807) is 16.4 Å². The Morgan fingerprint density at radius 2 is 1.95 bits per heavy atom. The molecule has 0 saturated carbocycles. The Balaban J connectivity index is 2.20. The molecular formula is C15H25N3O2S. The number of nitrogens with zero attached hydrogens (tertiary/aromatic N) is 2. The maximum absolute atomic E-state index is 12.8. The molecule has 2 N–H and O–H groups in total. The van der Waals surface area contributed by atoms with Crippen LogP contribution in [0, 0.1) is 0 Å². The number of hydrogen-bond donors (Lipinski definition) is 1. The second-order valence-electron chi connectivity index (χ2n) is 5.86. The summed E-state index contributed by atoms with van der Waals surface area (Å²) in [6.07, 6.45) is 2.64. The summed E-state index contributed by atoms with van der Waals surface area (Å²) < 4.78 is 27.2. The number of likely N-dealkylation sites (N-methyl/N-ethyl adjacent to an activating group) is 1. The summed E-state index contributed by atoms with van der Waals surface area (Å²) in [7, 11) is 0.564. The van der Waals surface area contributed by atoms with Crippen LogP contribution in [0.2, 0.25) is 0 Å². The molecular weight excluding hydrogens is 286 g/mol. The lowest BCUT2D eigenvalue weighted by atomic mass is 10.2. The second kappa shape index (κ2) is 6.87. The van der Waals surface area contributed by atoms with Gasteiger partial charge in [0.1, 0.15) is 0 Å². The van der Waals surface area contributed by atoms with Gasteiger partial charge in [-0.1, -0.05) is 12.1 Å². The van der Waals surface area contributed by atoms with E-state index in [4.69, 9.17) is 5.73 Å². The van der Waals surface area contributed by atoms with E-state index in [0.717, 1.165) is 31.4 Å². The zero-order valence-electron chi connectivity index (χ0n) is 12.8. The Morgan fingerprint density at radius 1 is 1.29 bits per heavy atom. The van der Waals surface area contributed by atoms with Crippen LogP contribution in [-0.2, 0) is 16.4 Å². The van der Waals surface area contributed by atoms with Crippen LogP contribution >= 0.6 is 0 Å². The van der Waals surface area contributed by atoms with E-state index in [2.05, 4.69) is 0 Å². The van der Waals surface area contributed by atoms with Crippen LogP contribution in [-0.4, -0.2) is 57.4 Å². The average molecular weight is 311 g/mol. The first-order valence-corrected chi connectivity index (χ1v) is 8.84. The van der Waals surface area contributed by atoms with Crippen LogP contribution in [0.1, 0.15) is 18.4 Å². The molecule has 1 aliphatic heterocycles. The molecule has 118 valence electrons. The highest BCUT2D eigenvalue weighted by Crippen LogP contribution is 2.26. The summed E-state index contributed by atoms with van der Waals surface area (Å²) >= 11 is 0. The van der Waals surface area contributed by atoms with E-state index in [1.807, 2.05) is 31.1 Å². The number of sulfonamides is 1. The highest BCUT2D eigenvalue weighted by Gasteiger charge is 2.35. The molecule has 1 atom stereocenters. The van der Waals surface area contributed by atoms with Gasteiger partial charge in [-0.2, -0.15) is 4.31 Å². The molecule has 6 heteroatoms. The van der Waals surface area contributed by atoms with Gasteiger partial charge in [0.15, 0.2) is 0 Å². The lowest BCUT2D eigenvalue weighted by molar-refractivity contribution is 0.291. The lowest BCUT2D eigenvalue weighted by Crippen LogP contribution is -2.41. The van der Waals surface area contributed by atoms with E-state index in [0.29, 0.717) is 18.0 Å². The van der Waals surface area contributed by atoms with Gasteiger partial charge in [-0.15, -0.1) is 0 Å². The molecule has 0 aromatic heterocycles. The number of rotatable bonds is 6. The third-order valence-corrected chi connectivity index (χ3v) is 5.83. The first kappa shape index (κ1) is 16.4. The van der Waals surface area contributed by atoms with Crippen molar-refractivity contribution in [3.63, 3.8) is 0 Å². The monoisotopic (exact) mass is 311 g/mol. The van der Waals surface area contributed by atoms with Crippen LogP contribution in [0.5, 0.6) is 0 Å². The summed E-state index contributed by atoms with van der Waals surface area (Å²) in [5.74, 6) is 0. The Kier molecular flexibility index (Phi) is 5.37. The standard InChI is InChI=1S/C15H25N3O2S/c1-17(2)12-14-4-3-11-18(14)21(19,20)15-7-5-13(6-8-15)9-10-16/h5-8,14H,3-4,9-12,16H2,1-2H3. The highest BCUT2D eigenvalue weighted by atomic mass is 32.2. The minimum Gasteiger partial charge on any atom is -0.330 e. The molecule has 2 rings (SSSR count). The molecule has 1 fully saturated rings. The van der Waals surface area contributed by atoms with Crippen molar-refractivity contribution >= 4 is 10.0 Å². The van der Waals surface area contributed by atoms with Crippen molar-refractivity contribution in [2.24, 2.45) is 5.73 Å². The first-order chi connectivity index (χ1) is 9.95. The summed E-state index contributed by atoms with van der Waals surface area (Å²) in [6, 6.07) is 7.19. The quantitative estimate of drug-likeness (QED) is 0.848. The minimum absolute atomic E-state index is 0.0775. The Labute approximate surface area is 127 Å². The Bertz CT molecular complexity index is 555. The molecule has 1 aromatic rings. The lowest BCUT2D eigenvalue weighted by Gasteiger charge is -2.26. The van der Waals surface area contributed by atoms with Crippen molar-refractivity contribution in [2.45, 2.75) is 30.2 Å². The number of nitrogens with two attached hydrogens (primary N) is 1. The Hall–Kier alpha value is -0.950. The van der Waals surface area contributed by atoms with Gasteiger partial charge in [0.25, 0.3) is 0 Å².